The van der Waals surface area contributed by atoms with Gasteiger partial charge in [0.15, 0.2) is 0 Å². The minimum Gasteiger partial charge on any atom is -0.463 e. The molecule has 0 unspecified atom stereocenters. The van der Waals surface area contributed by atoms with E-state index in [2.05, 4.69) is 20.4 Å². The fourth-order valence-corrected chi connectivity index (χ4v) is 2.05. The zero-order valence-corrected chi connectivity index (χ0v) is 11.3. The van der Waals surface area contributed by atoms with E-state index in [9.17, 15) is 4.79 Å². The van der Waals surface area contributed by atoms with Crippen LogP contribution in [0.15, 0.2) is 12.2 Å². The van der Waals surface area contributed by atoms with Gasteiger partial charge in [-0.1, -0.05) is 20.4 Å². The lowest BCUT2D eigenvalue weighted by molar-refractivity contribution is -0.139. The summed E-state index contributed by atoms with van der Waals surface area (Å²) in [7, 11) is 0. The van der Waals surface area contributed by atoms with Crippen molar-refractivity contribution in [2.45, 2.75) is 52.6 Å². The van der Waals surface area contributed by atoms with E-state index in [0.717, 1.165) is 12.8 Å². The molecule has 0 aromatic rings. The van der Waals surface area contributed by atoms with Crippen LogP contribution in [0.3, 0.4) is 0 Å². The number of hydrogen-bond acceptors (Lipinski definition) is 3. The second-order valence-electron chi connectivity index (χ2n) is 5.50. The lowest BCUT2D eigenvalue weighted by atomic mass is 9.76. The lowest BCUT2D eigenvalue weighted by Gasteiger charge is -2.34. The lowest BCUT2D eigenvalue weighted by Crippen LogP contribution is -2.27. The summed E-state index contributed by atoms with van der Waals surface area (Å²) in [5.74, 6) is -0.344. The molecule has 0 heterocycles. The average molecular weight is 240 g/mol. The van der Waals surface area contributed by atoms with Crippen LogP contribution >= 0.6 is 0 Å². The first-order valence-electron chi connectivity index (χ1n) is 6.41. The smallest absolute Gasteiger partial charge is 0.335 e. The van der Waals surface area contributed by atoms with Crippen molar-refractivity contribution in [1.29, 1.82) is 0 Å². The molecule has 1 saturated carbocycles. The minimum absolute atomic E-state index is 0.272. The van der Waals surface area contributed by atoms with E-state index in [0.29, 0.717) is 24.2 Å². The van der Waals surface area contributed by atoms with Gasteiger partial charge in [-0.05, 0) is 38.0 Å². The second-order valence-corrected chi connectivity index (χ2v) is 5.50. The van der Waals surface area contributed by atoms with Crippen molar-refractivity contribution < 1.29 is 14.3 Å². The maximum Gasteiger partial charge on any atom is 0.335 e. The van der Waals surface area contributed by atoms with Gasteiger partial charge in [-0.25, -0.2) is 4.79 Å². The summed E-state index contributed by atoms with van der Waals surface area (Å²) in [5.41, 5.74) is 0.856. The molecule has 3 heteroatoms. The second kappa shape index (κ2) is 6.20. The molecule has 3 nitrogen and oxygen atoms in total. The van der Waals surface area contributed by atoms with Crippen LogP contribution in [-0.4, -0.2) is 25.3 Å². The van der Waals surface area contributed by atoms with Crippen LogP contribution in [0.4, 0.5) is 0 Å². The highest BCUT2D eigenvalue weighted by Crippen LogP contribution is 2.36. The molecule has 0 aromatic carbocycles. The molecule has 17 heavy (non-hydrogen) atoms. The molecule has 0 bridgehead atoms. The molecule has 0 radical (unpaired) electrons. The Balaban J connectivity index is 2.23. The molecule has 0 amide bonds. The molecule has 0 N–H and O–H groups in total. The number of carbonyl (C=O) groups excluding carboxylic acids is 1. The van der Waals surface area contributed by atoms with Gasteiger partial charge in [-0.15, -0.1) is 0 Å². The Labute approximate surface area is 104 Å². The summed E-state index contributed by atoms with van der Waals surface area (Å²) in [6.45, 7) is 10.7. The molecular weight excluding hydrogens is 216 g/mol. The van der Waals surface area contributed by atoms with Crippen LogP contribution in [0.25, 0.3) is 0 Å². The zero-order valence-electron chi connectivity index (χ0n) is 11.3. The predicted molar refractivity (Wildman–Crippen MR) is 67.8 cm³/mol. The highest BCUT2D eigenvalue weighted by Gasteiger charge is 2.27. The van der Waals surface area contributed by atoms with Gasteiger partial charge in [-0.2, -0.15) is 0 Å². The van der Waals surface area contributed by atoms with Crippen LogP contribution in [0.2, 0.25) is 0 Å². The summed E-state index contributed by atoms with van der Waals surface area (Å²) in [6.07, 6.45) is 4.79. The monoisotopic (exact) mass is 240 g/mol. The predicted octanol–water partition coefficient (Wildman–Crippen LogP) is 3.09. The third-order valence-electron chi connectivity index (χ3n) is 3.34. The van der Waals surface area contributed by atoms with Gasteiger partial charge in [0.25, 0.3) is 0 Å². The molecule has 1 fully saturated rings. The van der Waals surface area contributed by atoms with E-state index in [4.69, 9.17) is 9.47 Å². The first kappa shape index (κ1) is 14.2. The van der Waals surface area contributed by atoms with Gasteiger partial charge in [-0.3, -0.25) is 0 Å². The number of carbonyl (C=O) groups is 1. The standard InChI is InChI=1S/C14H24O3/c1-5-16-13(15)11(2)10-17-12-6-8-14(3,4)9-7-12/h12H,2,5-10H2,1,3-4H3. The summed E-state index contributed by atoms with van der Waals surface area (Å²) >= 11 is 0. The Kier molecular flexibility index (Phi) is 5.19. The third-order valence-corrected chi connectivity index (χ3v) is 3.34. The molecule has 98 valence electrons. The highest BCUT2D eigenvalue weighted by atomic mass is 16.5. The molecule has 1 aliphatic rings. The largest absolute Gasteiger partial charge is 0.463 e. The Morgan fingerprint density at radius 3 is 2.47 bits per heavy atom. The summed E-state index contributed by atoms with van der Waals surface area (Å²) in [4.78, 5) is 11.3. The highest BCUT2D eigenvalue weighted by molar-refractivity contribution is 5.87. The van der Waals surface area contributed by atoms with E-state index in [-0.39, 0.29) is 12.1 Å². The van der Waals surface area contributed by atoms with Crippen molar-refractivity contribution in [1.82, 2.24) is 0 Å². The van der Waals surface area contributed by atoms with Crippen molar-refractivity contribution >= 4 is 5.97 Å². The van der Waals surface area contributed by atoms with Gasteiger partial charge < -0.3 is 9.47 Å². The topological polar surface area (TPSA) is 35.5 Å². The van der Waals surface area contributed by atoms with Crippen LogP contribution in [-0.2, 0) is 14.3 Å². The average Bonchev–Trinajstić information content (AvgIpc) is 2.27. The van der Waals surface area contributed by atoms with Crippen LogP contribution in [0, 0.1) is 5.41 Å². The van der Waals surface area contributed by atoms with E-state index in [1.807, 2.05) is 0 Å². The summed E-state index contributed by atoms with van der Waals surface area (Å²) in [5, 5.41) is 0. The van der Waals surface area contributed by atoms with Gasteiger partial charge in [0, 0.05) is 0 Å². The van der Waals surface area contributed by atoms with Crippen LogP contribution < -0.4 is 0 Å². The Morgan fingerprint density at radius 1 is 1.35 bits per heavy atom. The Hall–Kier alpha value is -0.830. The summed E-state index contributed by atoms with van der Waals surface area (Å²) < 4.78 is 10.6. The zero-order chi connectivity index (χ0) is 12.9. The van der Waals surface area contributed by atoms with E-state index >= 15 is 0 Å². The van der Waals surface area contributed by atoms with Crippen molar-refractivity contribution in [2.24, 2.45) is 5.41 Å². The Morgan fingerprint density at radius 2 is 1.94 bits per heavy atom. The van der Waals surface area contributed by atoms with Crippen molar-refractivity contribution in [3.63, 3.8) is 0 Å². The SMILES string of the molecule is C=C(COC1CCC(C)(C)CC1)C(=O)OCC. The van der Waals surface area contributed by atoms with Gasteiger partial charge >= 0.3 is 5.97 Å². The minimum atomic E-state index is -0.344. The van der Waals surface area contributed by atoms with E-state index < -0.39 is 0 Å². The molecule has 0 aliphatic heterocycles. The third kappa shape index (κ3) is 4.90. The first-order chi connectivity index (χ1) is 7.94. The number of hydrogen-bond donors (Lipinski definition) is 0. The molecular formula is C14H24O3. The van der Waals surface area contributed by atoms with Crippen molar-refractivity contribution in [3.8, 4) is 0 Å². The first-order valence-corrected chi connectivity index (χ1v) is 6.41. The van der Waals surface area contributed by atoms with E-state index in [1.54, 1.807) is 6.92 Å². The number of esters is 1. The molecule has 1 aliphatic carbocycles. The Bertz CT molecular complexity index is 271. The van der Waals surface area contributed by atoms with Gasteiger partial charge in [0.1, 0.15) is 0 Å². The fourth-order valence-electron chi connectivity index (χ4n) is 2.05. The molecule has 0 aromatic heterocycles. The molecule has 1 rings (SSSR count). The van der Waals surface area contributed by atoms with Gasteiger partial charge in [0.05, 0.1) is 24.9 Å². The van der Waals surface area contributed by atoms with Crippen LogP contribution in [0.5, 0.6) is 0 Å². The molecule has 0 saturated heterocycles. The molecule has 0 atom stereocenters. The maximum atomic E-state index is 11.3. The van der Waals surface area contributed by atoms with Crippen molar-refractivity contribution in [3.05, 3.63) is 12.2 Å². The quantitative estimate of drug-likeness (QED) is 0.547. The number of ether oxygens (including phenoxy) is 2. The van der Waals surface area contributed by atoms with Crippen LogP contribution in [0.1, 0.15) is 46.5 Å². The van der Waals surface area contributed by atoms with Crippen molar-refractivity contribution in [2.75, 3.05) is 13.2 Å². The van der Waals surface area contributed by atoms with Gasteiger partial charge in [0.2, 0.25) is 0 Å². The van der Waals surface area contributed by atoms with E-state index in [1.165, 1.54) is 12.8 Å². The fraction of sp³-hybridized carbons (Fsp3) is 0.786. The number of rotatable bonds is 5. The maximum absolute atomic E-state index is 11.3. The summed E-state index contributed by atoms with van der Waals surface area (Å²) in [6, 6.07) is 0. The normalized spacial score (nSPS) is 19.9. The molecule has 0 spiro atoms.